The SMILES string of the molecule is CCCCCCNC(=O)N/C(=C/C(N)=O)c1ncc(CCc2ccccc2)[nH]1. The molecule has 0 bridgehead atoms. The highest BCUT2D eigenvalue weighted by atomic mass is 16.2. The first kappa shape index (κ1) is 21.2. The van der Waals surface area contributed by atoms with Crippen LogP contribution < -0.4 is 16.4 Å². The van der Waals surface area contributed by atoms with Crippen molar-refractivity contribution in [3.05, 3.63) is 59.7 Å². The van der Waals surface area contributed by atoms with Gasteiger partial charge in [-0.25, -0.2) is 9.78 Å². The van der Waals surface area contributed by atoms with Crippen molar-refractivity contribution in [2.24, 2.45) is 5.73 Å². The number of aromatic amines is 1. The molecule has 28 heavy (non-hydrogen) atoms. The van der Waals surface area contributed by atoms with Crippen molar-refractivity contribution >= 4 is 17.6 Å². The summed E-state index contributed by atoms with van der Waals surface area (Å²) in [6, 6.07) is 9.76. The highest BCUT2D eigenvalue weighted by Crippen LogP contribution is 2.10. The third-order valence-corrected chi connectivity index (χ3v) is 4.26. The number of aromatic nitrogens is 2. The summed E-state index contributed by atoms with van der Waals surface area (Å²) >= 11 is 0. The van der Waals surface area contributed by atoms with E-state index >= 15 is 0 Å². The van der Waals surface area contributed by atoms with Gasteiger partial charge in [0.2, 0.25) is 5.91 Å². The van der Waals surface area contributed by atoms with E-state index in [-0.39, 0.29) is 11.7 Å². The zero-order chi connectivity index (χ0) is 20.2. The van der Waals surface area contributed by atoms with E-state index in [1.807, 2.05) is 18.2 Å². The highest BCUT2D eigenvalue weighted by Gasteiger charge is 2.12. The molecule has 5 N–H and O–H groups in total. The van der Waals surface area contributed by atoms with E-state index in [1.165, 1.54) is 5.56 Å². The molecule has 0 saturated carbocycles. The Labute approximate surface area is 165 Å². The number of carbonyl (C=O) groups is 2. The smallest absolute Gasteiger partial charge is 0.319 e. The first-order chi connectivity index (χ1) is 13.6. The summed E-state index contributed by atoms with van der Waals surface area (Å²) < 4.78 is 0. The predicted molar refractivity (Wildman–Crippen MR) is 110 cm³/mol. The summed E-state index contributed by atoms with van der Waals surface area (Å²) in [7, 11) is 0. The van der Waals surface area contributed by atoms with Gasteiger partial charge in [0.05, 0.1) is 5.70 Å². The molecule has 7 nitrogen and oxygen atoms in total. The van der Waals surface area contributed by atoms with Gasteiger partial charge < -0.3 is 21.4 Å². The maximum atomic E-state index is 12.1. The van der Waals surface area contributed by atoms with E-state index in [0.29, 0.717) is 12.4 Å². The van der Waals surface area contributed by atoms with Gasteiger partial charge in [0, 0.05) is 24.5 Å². The molecule has 0 unspecified atom stereocenters. The number of nitrogens with zero attached hydrogens (tertiary/aromatic N) is 1. The van der Waals surface area contributed by atoms with E-state index in [4.69, 9.17) is 5.73 Å². The molecule has 7 heteroatoms. The van der Waals surface area contributed by atoms with Crippen LogP contribution in [0.1, 0.15) is 49.7 Å². The maximum absolute atomic E-state index is 12.1. The minimum atomic E-state index is -0.652. The lowest BCUT2D eigenvalue weighted by molar-refractivity contribution is -0.113. The largest absolute Gasteiger partial charge is 0.366 e. The summed E-state index contributed by atoms with van der Waals surface area (Å²) in [4.78, 5) is 30.9. The standard InChI is InChI=1S/C21H29N5O2/c1-2-3-4-8-13-23-21(28)26-18(14-19(22)27)20-24-15-17(25-20)12-11-16-9-6-5-7-10-16/h5-7,9-10,14-15H,2-4,8,11-13H2,1H3,(H2,22,27)(H,24,25)(H2,23,26,28)/b18-14+. The first-order valence-electron chi connectivity index (χ1n) is 9.72. The van der Waals surface area contributed by atoms with Crippen LogP contribution in [-0.4, -0.2) is 28.5 Å². The Morgan fingerprint density at radius 2 is 1.93 bits per heavy atom. The number of hydrogen-bond donors (Lipinski definition) is 4. The van der Waals surface area contributed by atoms with Crippen LogP contribution in [0.4, 0.5) is 4.79 Å². The van der Waals surface area contributed by atoms with Gasteiger partial charge in [0.1, 0.15) is 0 Å². The lowest BCUT2D eigenvalue weighted by Gasteiger charge is -2.09. The molecule has 2 aromatic rings. The number of primary amides is 1. The molecule has 0 atom stereocenters. The topological polar surface area (TPSA) is 113 Å². The fourth-order valence-electron chi connectivity index (χ4n) is 2.77. The van der Waals surface area contributed by atoms with Crippen LogP contribution in [0.25, 0.3) is 5.70 Å². The van der Waals surface area contributed by atoms with Gasteiger partial charge in [-0.2, -0.15) is 0 Å². The van der Waals surface area contributed by atoms with E-state index < -0.39 is 5.91 Å². The van der Waals surface area contributed by atoms with Gasteiger partial charge in [0.25, 0.3) is 0 Å². The van der Waals surface area contributed by atoms with E-state index in [0.717, 1.165) is 50.3 Å². The monoisotopic (exact) mass is 383 g/mol. The molecule has 0 saturated heterocycles. The predicted octanol–water partition coefficient (Wildman–Crippen LogP) is 2.90. The second-order valence-corrected chi connectivity index (χ2v) is 6.64. The lowest BCUT2D eigenvalue weighted by Crippen LogP contribution is -2.35. The van der Waals surface area contributed by atoms with Crippen LogP contribution in [-0.2, 0) is 17.6 Å². The minimum absolute atomic E-state index is 0.254. The van der Waals surface area contributed by atoms with E-state index in [9.17, 15) is 9.59 Å². The average Bonchev–Trinajstić information content (AvgIpc) is 3.15. The summed E-state index contributed by atoms with van der Waals surface area (Å²) in [5.74, 6) is -0.247. The molecule has 150 valence electrons. The first-order valence-corrected chi connectivity index (χ1v) is 9.72. The third kappa shape index (κ3) is 7.65. The number of amides is 3. The number of hydrogen-bond acceptors (Lipinski definition) is 3. The van der Waals surface area contributed by atoms with E-state index in [1.54, 1.807) is 6.20 Å². The van der Waals surface area contributed by atoms with Crippen LogP contribution in [0.15, 0.2) is 42.6 Å². The van der Waals surface area contributed by atoms with Gasteiger partial charge in [-0.15, -0.1) is 0 Å². The molecular formula is C21H29N5O2. The van der Waals surface area contributed by atoms with Crippen molar-refractivity contribution in [3.63, 3.8) is 0 Å². The Bertz CT molecular complexity index is 783. The average molecular weight is 383 g/mol. The lowest BCUT2D eigenvalue weighted by atomic mass is 10.1. The quantitative estimate of drug-likeness (QED) is 0.353. The Kier molecular flexibility index (Phi) is 8.78. The molecule has 0 aliphatic heterocycles. The fourth-order valence-corrected chi connectivity index (χ4v) is 2.77. The van der Waals surface area contributed by atoms with Gasteiger partial charge in [-0.3, -0.25) is 4.79 Å². The minimum Gasteiger partial charge on any atom is -0.366 e. The van der Waals surface area contributed by atoms with Crippen LogP contribution in [0.3, 0.4) is 0 Å². The number of benzene rings is 1. The molecule has 1 aromatic carbocycles. The number of imidazole rings is 1. The van der Waals surface area contributed by atoms with Gasteiger partial charge in [-0.1, -0.05) is 56.5 Å². The molecular weight excluding hydrogens is 354 g/mol. The number of carbonyl (C=O) groups excluding carboxylic acids is 2. The summed E-state index contributed by atoms with van der Waals surface area (Å²) in [5.41, 5.74) is 7.67. The highest BCUT2D eigenvalue weighted by molar-refractivity contribution is 5.96. The number of H-pyrrole nitrogens is 1. The zero-order valence-corrected chi connectivity index (χ0v) is 16.3. The molecule has 0 spiro atoms. The molecule has 3 amide bonds. The van der Waals surface area contributed by atoms with Crippen molar-refractivity contribution in [2.45, 2.75) is 45.4 Å². The van der Waals surface area contributed by atoms with Gasteiger partial charge >= 0.3 is 6.03 Å². The molecule has 0 aliphatic rings. The van der Waals surface area contributed by atoms with Crippen molar-refractivity contribution < 1.29 is 9.59 Å². The molecule has 0 fully saturated rings. The molecule has 0 radical (unpaired) electrons. The van der Waals surface area contributed by atoms with Gasteiger partial charge in [-0.05, 0) is 24.8 Å². The second kappa shape index (κ2) is 11.6. The van der Waals surface area contributed by atoms with Crippen LogP contribution in [0.2, 0.25) is 0 Å². The normalized spacial score (nSPS) is 11.2. The number of rotatable bonds is 11. The van der Waals surface area contributed by atoms with Crippen LogP contribution >= 0.6 is 0 Å². The van der Waals surface area contributed by atoms with Crippen LogP contribution in [0.5, 0.6) is 0 Å². The second-order valence-electron chi connectivity index (χ2n) is 6.64. The number of aryl methyl sites for hydroxylation is 2. The molecule has 0 aliphatic carbocycles. The summed E-state index contributed by atoms with van der Waals surface area (Å²) in [6.45, 7) is 2.72. The van der Waals surface area contributed by atoms with Crippen LogP contribution in [0, 0.1) is 0 Å². The molecule has 1 aromatic heterocycles. The number of urea groups is 1. The fraction of sp³-hybridized carbons (Fsp3) is 0.381. The Morgan fingerprint density at radius 1 is 1.14 bits per heavy atom. The van der Waals surface area contributed by atoms with Crippen molar-refractivity contribution in [1.29, 1.82) is 0 Å². The molecule has 2 rings (SSSR count). The zero-order valence-electron chi connectivity index (χ0n) is 16.3. The Balaban J connectivity index is 1.93. The third-order valence-electron chi connectivity index (χ3n) is 4.26. The van der Waals surface area contributed by atoms with Crippen molar-refractivity contribution in [2.75, 3.05) is 6.54 Å². The number of nitrogens with one attached hydrogen (secondary N) is 3. The van der Waals surface area contributed by atoms with E-state index in [2.05, 4.69) is 39.7 Å². The summed E-state index contributed by atoms with van der Waals surface area (Å²) in [6.07, 6.45) is 8.78. The summed E-state index contributed by atoms with van der Waals surface area (Å²) in [5, 5.41) is 5.44. The Morgan fingerprint density at radius 3 is 2.64 bits per heavy atom. The molecule has 1 heterocycles. The number of nitrogens with two attached hydrogens (primary N) is 1. The van der Waals surface area contributed by atoms with Crippen molar-refractivity contribution in [1.82, 2.24) is 20.6 Å². The maximum Gasteiger partial charge on any atom is 0.319 e. The number of unbranched alkanes of at least 4 members (excludes halogenated alkanes) is 3. The van der Waals surface area contributed by atoms with Gasteiger partial charge in [0.15, 0.2) is 5.82 Å². The van der Waals surface area contributed by atoms with Crippen molar-refractivity contribution in [3.8, 4) is 0 Å². The Hall–Kier alpha value is -3.09.